The number of rotatable bonds is 5. The Kier molecular flexibility index (Phi) is 5.70. The number of aryl methyl sites for hydroxylation is 1. The lowest BCUT2D eigenvalue weighted by Gasteiger charge is -2.14. The summed E-state index contributed by atoms with van der Waals surface area (Å²) in [7, 11) is 1.54. The fraction of sp³-hybridized carbons (Fsp3) is 0.136. The number of halogens is 3. The van der Waals surface area contributed by atoms with E-state index in [1.54, 1.807) is 24.5 Å². The Morgan fingerprint density at radius 1 is 1.19 bits per heavy atom. The number of thiocarbonyl (C=S) groups is 1. The van der Waals surface area contributed by atoms with Crippen molar-refractivity contribution in [3.05, 3.63) is 82.8 Å². The summed E-state index contributed by atoms with van der Waals surface area (Å²) in [5.74, 6) is -4.14. The van der Waals surface area contributed by atoms with Gasteiger partial charge in [-0.3, -0.25) is 9.69 Å². The van der Waals surface area contributed by atoms with E-state index in [0.717, 1.165) is 28.4 Å². The molecule has 1 aromatic heterocycles. The second-order valence-corrected chi connectivity index (χ2v) is 7.49. The van der Waals surface area contributed by atoms with Crippen molar-refractivity contribution >= 4 is 29.3 Å². The molecule has 164 valence electrons. The predicted octanol–water partition coefficient (Wildman–Crippen LogP) is 3.86. The van der Waals surface area contributed by atoms with E-state index in [2.05, 4.69) is 10.3 Å². The van der Waals surface area contributed by atoms with Gasteiger partial charge in [0.15, 0.2) is 22.6 Å². The number of carbonyl (C=O) groups is 1. The molecule has 1 N–H and O–H groups in total. The van der Waals surface area contributed by atoms with Gasteiger partial charge in [-0.15, -0.1) is 0 Å². The Morgan fingerprint density at radius 2 is 1.91 bits per heavy atom. The van der Waals surface area contributed by atoms with Crippen LogP contribution in [0.1, 0.15) is 16.8 Å². The van der Waals surface area contributed by atoms with Crippen LogP contribution in [0.25, 0.3) is 11.8 Å². The number of carbonyl (C=O) groups excluding carboxylic acids is 1. The molecule has 3 aromatic rings. The zero-order valence-electron chi connectivity index (χ0n) is 17.0. The largest absolute Gasteiger partial charge is 0.495 e. The van der Waals surface area contributed by atoms with Gasteiger partial charge in [0.1, 0.15) is 11.4 Å². The fourth-order valence-corrected chi connectivity index (χ4v) is 3.57. The summed E-state index contributed by atoms with van der Waals surface area (Å²) in [5, 5.41) is 2.87. The second-order valence-electron chi connectivity index (χ2n) is 7.11. The third-order valence-electron chi connectivity index (χ3n) is 4.85. The maximum Gasteiger partial charge on any atom is 0.276 e. The lowest BCUT2D eigenvalue weighted by molar-refractivity contribution is -0.122. The minimum atomic E-state index is -1.56. The minimum absolute atomic E-state index is 0.0711. The standard InChI is InChI=1S/C22H17F3N4O2S/c1-12-9-28(11-26-12)18-4-3-13(8-19(18)31-2)7-17-21(30)29(22(32)27-17)10-14-5-15(23)20(25)16(24)6-14/h3-9,11H,10H2,1-2H3,(H,27,32). The molecule has 0 radical (unpaired) electrons. The van der Waals surface area contributed by atoms with E-state index in [1.165, 1.54) is 7.11 Å². The number of imidazole rings is 1. The predicted molar refractivity (Wildman–Crippen MR) is 115 cm³/mol. The van der Waals surface area contributed by atoms with Crippen molar-refractivity contribution < 1.29 is 22.7 Å². The molecular formula is C22H17F3N4O2S. The van der Waals surface area contributed by atoms with Crippen LogP contribution in [0.5, 0.6) is 5.75 Å². The van der Waals surface area contributed by atoms with Gasteiger partial charge in [0.25, 0.3) is 5.91 Å². The number of hydrogen-bond acceptors (Lipinski definition) is 4. The van der Waals surface area contributed by atoms with Gasteiger partial charge in [0, 0.05) is 6.20 Å². The van der Waals surface area contributed by atoms with Crippen LogP contribution in [0.4, 0.5) is 13.2 Å². The van der Waals surface area contributed by atoms with Gasteiger partial charge < -0.3 is 14.6 Å². The highest BCUT2D eigenvalue weighted by atomic mass is 32.1. The van der Waals surface area contributed by atoms with Crippen LogP contribution in [-0.4, -0.2) is 32.6 Å². The van der Waals surface area contributed by atoms with E-state index in [1.807, 2.05) is 23.8 Å². The summed E-state index contributed by atoms with van der Waals surface area (Å²) in [4.78, 5) is 18.2. The monoisotopic (exact) mass is 458 g/mol. The summed E-state index contributed by atoms with van der Waals surface area (Å²) < 4.78 is 47.5. The third-order valence-corrected chi connectivity index (χ3v) is 5.17. The smallest absolute Gasteiger partial charge is 0.276 e. The first-order valence-corrected chi connectivity index (χ1v) is 9.84. The number of nitrogens with zero attached hydrogens (tertiary/aromatic N) is 3. The molecule has 2 heterocycles. The SMILES string of the molecule is COc1cc(C=C2NC(=S)N(Cc3cc(F)c(F)c(F)c3)C2=O)ccc1-n1cnc(C)c1. The Morgan fingerprint density at radius 3 is 2.53 bits per heavy atom. The van der Waals surface area contributed by atoms with Gasteiger partial charge in [-0.1, -0.05) is 6.07 Å². The summed E-state index contributed by atoms with van der Waals surface area (Å²) in [6.45, 7) is 1.67. The molecule has 0 saturated carbocycles. The van der Waals surface area contributed by atoms with E-state index in [4.69, 9.17) is 17.0 Å². The van der Waals surface area contributed by atoms with Crippen LogP contribution < -0.4 is 10.1 Å². The molecule has 0 aliphatic carbocycles. The fourth-order valence-electron chi connectivity index (χ4n) is 3.31. The molecule has 1 fully saturated rings. The molecule has 4 rings (SSSR count). The van der Waals surface area contributed by atoms with Gasteiger partial charge >= 0.3 is 0 Å². The van der Waals surface area contributed by atoms with Gasteiger partial charge in [0.2, 0.25) is 0 Å². The zero-order chi connectivity index (χ0) is 23.0. The molecule has 0 spiro atoms. The van der Waals surface area contributed by atoms with E-state index in [9.17, 15) is 18.0 Å². The Hall–Kier alpha value is -3.66. The Labute approximate surface area is 186 Å². The van der Waals surface area contributed by atoms with Gasteiger partial charge in [-0.05, 0) is 60.6 Å². The number of benzene rings is 2. The number of aromatic nitrogens is 2. The van der Waals surface area contributed by atoms with Crippen molar-refractivity contribution in [3.8, 4) is 11.4 Å². The van der Waals surface area contributed by atoms with Crippen LogP contribution in [0.3, 0.4) is 0 Å². The van der Waals surface area contributed by atoms with Gasteiger partial charge in [0.05, 0.1) is 31.4 Å². The zero-order valence-corrected chi connectivity index (χ0v) is 17.8. The first kappa shape index (κ1) is 21.6. The van der Waals surface area contributed by atoms with Crippen LogP contribution in [0, 0.1) is 24.4 Å². The molecule has 32 heavy (non-hydrogen) atoms. The van der Waals surface area contributed by atoms with Crippen LogP contribution in [0.2, 0.25) is 0 Å². The van der Waals surface area contributed by atoms with Gasteiger partial charge in [-0.2, -0.15) is 0 Å². The topological polar surface area (TPSA) is 59.4 Å². The normalized spacial score (nSPS) is 14.9. The third kappa shape index (κ3) is 4.09. The second kappa shape index (κ2) is 8.46. The van der Waals surface area contributed by atoms with E-state index < -0.39 is 23.4 Å². The highest BCUT2D eigenvalue weighted by molar-refractivity contribution is 7.80. The number of hydrogen-bond donors (Lipinski definition) is 1. The molecule has 0 bridgehead atoms. The summed E-state index contributed by atoms with van der Waals surface area (Å²) >= 11 is 5.19. The van der Waals surface area contributed by atoms with Crippen LogP contribution in [-0.2, 0) is 11.3 Å². The van der Waals surface area contributed by atoms with Crippen molar-refractivity contribution in [1.29, 1.82) is 0 Å². The quantitative estimate of drug-likeness (QED) is 0.358. The molecule has 1 amide bonds. The molecular weight excluding hydrogens is 441 g/mol. The van der Waals surface area contributed by atoms with Gasteiger partial charge in [-0.25, -0.2) is 18.2 Å². The Bertz CT molecular complexity index is 1250. The highest BCUT2D eigenvalue weighted by Gasteiger charge is 2.31. The van der Waals surface area contributed by atoms with E-state index >= 15 is 0 Å². The molecule has 0 unspecified atom stereocenters. The average Bonchev–Trinajstić information content (AvgIpc) is 3.30. The van der Waals surface area contributed by atoms with E-state index in [0.29, 0.717) is 11.3 Å². The molecule has 1 aliphatic heterocycles. The first-order chi connectivity index (χ1) is 15.3. The van der Waals surface area contributed by atoms with Crippen molar-refractivity contribution in [2.75, 3.05) is 7.11 Å². The molecule has 0 atom stereocenters. The van der Waals surface area contributed by atoms with Crippen LogP contribution >= 0.6 is 12.2 Å². The van der Waals surface area contributed by atoms with E-state index in [-0.39, 0.29) is 22.9 Å². The molecule has 10 heteroatoms. The maximum absolute atomic E-state index is 13.5. The summed E-state index contributed by atoms with van der Waals surface area (Å²) in [6.07, 6.45) is 5.12. The first-order valence-electron chi connectivity index (χ1n) is 9.44. The van der Waals surface area contributed by atoms with Crippen molar-refractivity contribution in [2.24, 2.45) is 0 Å². The number of amides is 1. The number of methoxy groups -OCH3 is 1. The summed E-state index contributed by atoms with van der Waals surface area (Å²) in [5.41, 5.74) is 2.56. The number of nitrogens with one attached hydrogen (secondary N) is 1. The molecule has 1 aliphatic rings. The maximum atomic E-state index is 13.5. The van der Waals surface area contributed by atoms with Crippen molar-refractivity contribution in [1.82, 2.24) is 19.8 Å². The van der Waals surface area contributed by atoms with Crippen molar-refractivity contribution in [2.45, 2.75) is 13.5 Å². The number of ether oxygens (including phenoxy) is 1. The molecule has 1 saturated heterocycles. The average molecular weight is 458 g/mol. The minimum Gasteiger partial charge on any atom is -0.495 e. The summed E-state index contributed by atoms with van der Waals surface area (Å²) in [6, 6.07) is 7.04. The Balaban J connectivity index is 1.59. The van der Waals surface area contributed by atoms with Crippen LogP contribution in [0.15, 0.2) is 48.6 Å². The molecule has 6 nitrogen and oxygen atoms in total. The highest BCUT2D eigenvalue weighted by Crippen LogP contribution is 2.26. The lowest BCUT2D eigenvalue weighted by atomic mass is 10.1. The lowest BCUT2D eigenvalue weighted by Crippen LogP contribution is -2.30. The van der Waals surface area contributed by atoms with Crippen molar-refractivity contribution in [3.63, 3.8) is 0 Å². The molecule has 2 aromatic carbocycles.